The maximum Gasteiger partial charge on any atom is 0.366 e. The van der Waals surface area contributed by atoms with Crippen LogP contribution in [0.4, 0.5) is 11.6 Å². The molecule has 0 bridgehead atoms. The summed E-state index contributed by atoms with van der Waals surface area (Å²) in [5, 5.41) is 11.0. The zero-order chi connectivity index (χ0) is 18.7. The summed E-state index contributed by atoms with van der Waals surface area (Å²) in [6.07, 6.45) is -0.144. The number of nitrogens with zero attached hydrogens (tertiary/aromatic N) is 3. The highest BCUT2D eigenvalue weighted by atomic mass is 16.6. The van der Waals surface area contributed by atoms with Crippen molar-refractivity contribution in [3.05, 3.63) is 52.1 Å². The average Bonchev–Trinajstić information content (AvgIpc) is 2.62. The lowest BCUT2D eigenvalue weighted by molar-refractivity contribution is -0.389. The molecular formula is C18H19N3O5. The molecule has 0 fully saturated rings. The molecule has 0 N–H and O–H groups in total. The molecule has 1 aliphatic heterocycles. The van der Waals surface area contributed by atoms with Gasteiger partial charge in [0.2, 0.25) is 0 Å². The summed E-state index contributed by atoms with van der Waals surface area (Å²) in [6.45, 7) is 4.25. The van der Waals surface area contributed by atoms with Gasteiger partial charge in [-0.05, 0) is 47.0 Å². The van der Waals surface area contributed by atoms with E-state index in [1.807, 2.05) is 38.1 Å². The summed E-state index contributed by atoms with van der Waals surface area (Å²) >= 11 is 0. The summed E-state index contributed by atoms with van der Waals surface area (Å²) in [4.78, 5) is 28.4. The Balaban J connectivity index is 1.81. The number of anilines is 1. The number of pyridine rings is 1. The SMILES string of the molecule is CCC1Oc2ccc([N+](=O)[O-])nc2N(CCOc2cccc(C)c2)C1=O. The van der Waals surface area contributed by atoms with Crippen molar-refractivity contribution in [1.82, 2.24) is 4.98 Å². The van der Waals surface area contributed by atoms with Crippen molar-refractivity contribution in [1.29, 1.82) is 0 Å². The summed E-state index contributed by atoms with van der Waals surface area (Å²) in [5.41, 5.74) is 1.07. The van der Waals surface area contributed by atoms with E-state index in [4.69, 9.17) is 9.47 Å². The van der Waals surface area contributed by atoms with Gasteiger partial charge in [0.1, 0.15) is 12.4 Å². The first kappa shape index (κ1) is 17.7. The summed E-state index contributed by atoms with van der Waals surface area (Å²) in [6, 6.07) is 10.3. The van der Waals surface area contributed by atoms with E-state index in [1.54, 1.807) is 0 Å². The number of hydrogen-bond acceptors (Lipinski definition) is 6. The molecule has 1 aromatic heterocycles. The monoisotopic (exact) mass is 357 g/mol. The highest BCUT2D eigenvalue weighted by Crippen LogP contribution is 2.34. The number of aryl methyl sites for hydroxylation is 1. The summed E-state index contributed by atoms with van der Waals surface area (Å²) in [5.74, 6) is 0.602. The quantitative estimate of drug-likeness (QED) is 0.583. The van der Waals surface area contributed by atoms with Gasteiger partial charge in [0, 0.05) is 6.07 Å². The Labute approximate surface area is 150 Å². The molecular weight excluding hydrogens is 338 g/mol. The molecule has 1 unspecified atom stereocenters. The molecule has 3 rings (SSSR count). The maximum atomic E-state index is 12.6. The molecule has 0 saturated heterocycles. The fraction of sp³-hybridized carbons (Fsp3) is 0.333. The van der Waals surface area contributed by atoms with E-state index in [-0.39, 0.29) is 30.7 Å². The predicted octanol–water partition coefficient (Wildman–Crippen LogP) is 2.88. The molecule has 0 spiro atoms. The number of fused-ring (bicyclic) bond motifs is 1. The van der Waals surface area contributed by atoms with Crippen LogP contribution in [0, 0.1) is 17.0 Å². The first-order valence-electron chi connectivity index (χ1n) is 8.32. The van der Waals surface area contributed by atoms with E-state index in [0.717, 1.165) is 5.56 Å². The van der Waals surface area contributed by atoms with Gasteiger partial charge in [0.05, 0.1) is 6.54 Å². The van der Waals surface area contributed by atoms with Gasteiger partial charge < -0.3 is 19.6 Å². The molecule has 1 aliphatic rings. The zero-order valence-electron chi connectivity index (χ0n) is 14.5. The second-order valence-electron chi connectivity index (χ2n) is 5.92. The molecule has 0 saturated carbocycles. The van der Waals surface area contributed by atoms with Gasteiger partial charge in [-0.3, -0.25) is 9.69 Å². The van der Waals surface area contributed by atoms with Crippen LogP contribution in [0.15, 0.2) is 36.4 Å². The normalized spacial score (nSPS) is 16.0. The van der Waals surface area contributed by atoms with Crippen LogP contribution in [0.25, 0.3) is 0 Å². The Hall–Kier alpha value is -3.16. The lowest BCUT2D eigenvalue weighted by Crippen LogP contribution is -2.47. The van der Waals surface area contributed by atoms with E-state index < -0.39 is 11.0 Å². The van der Waals surface area contributed by atoms with Gasteiger partial charge in [-0.25, -0.2) is 0 Å². The van der Waals surface area contributed by atoms with Crippen LogP contribution < -0.4 is 14.4 Å². The molecule has 0 aliphatic carbocycles. The topological polar surface area (TPSA) is 94.8 Å². The third-order valence-electron chi connectivity index (χ3n) is 4.02. The molecule has 26 heavy (non-hydrogen) atoms. The van der Waals surface area contributed by atoms with Crippen molar-refractivity contribution in [3.8, 4) is 11.5 Å². The molecule has 1 aromatic carbocycles. The zero-order valence-corrected chi connectivity index (χ0v) is 14.5. The molecule has 2 aromatic rings. The van der Waals surface area contributed by atoms with Crippen LogP contribution in [0.2, 0.25) is 0 Å². The first-order chi connectivity index (χ1) is 12.5. The fourth-order valence-corrected chi connectivity index (χ4v) is 2.73. The van der Waals surface area contributed by atoms with Crippen molar-refractivity contribution in [2.75, 3.05) is 18.1 Å². The third-order valence-corrected chi connectivity index (χ3v) is 4.02. The highest BCUT2D eigenvalue weighted by Gasteiger charge is 2.37. The minimum absolute atomic E-state index is 0.154. The average molecular weight is 357 g/mol. The molecule has 1 amide bonds. The minimum Gasteiger partial charge on any atom is -0.492 e. The van der Waals surface area contributed by atoms with Crippen molar-refractivity contribution in [2.24, 2.45) is 0 Å². The van der Waals surface area contributed by atoms with Gasteiger partial charge in [-0.15, -0.1) is 0 Å². The van der Waals surface area contributed by atoms with E-state index >= 15 is 0 Å². The van der Waals surface area contributed by atoms with Crippen LogP contribution >= 0.6 is 0 Å². The lowest BCUT2D eigenvalue weighted by Gasteiger charge is -2.30. The number of amides is 1. The lowest BCUT2D eigenvalue weighted by atomic mass is 10.2. The highest BCUT2D eigenvalue weighted by molar-refractivity contribution is 5.99. The largest absolute Gasteiger partial charge is 0.492 e. The Kier molecular flexibility index (Phi) is 5.01. The van der Waals surface area contributed by atoms with Crippen LogP contribution in [0.3, 0.4) is 0 Å². The predicted molar refractivity (Wildman–Crippen MR) is 94.6 cm³/mol. The fourth-order valence-electron chi connectivity index (χ4n) is 2.73. The number of aromatic nitrogens is 1. The number of carbonyl (C=O) groups excluding carboxylic acids is 1. The number of hydrogen-bond donors (Lipinski definition) is 0. The molecule has 2 heterocycles. The number of carbonyl (C=O) groups is 1. The van der Waals surface area contributed by atoms with Gasteiger partial charge in [0.15, 0.2) is 11.9 Å². The van der Waals surface area contributed by atoms with E-state index in [2.05, 4.69) is 4.98 Å². The van der Waals surface area contributed by atoms with Gasteiger partial charge >= 0.3 is 5.82 Å². The smallest absolute Gasteiger partial charge is 0.366 e. The number of ether oxygens (including phenoxy) is 2. The Morgan fingerprint density at radius 3 is 2.85 bits per heavy atom. The van der Waals surface area contributed by atoms with Crippen molar-refractivity contribution >= 4 is 17.5 Å². The third kappa shape index (κ3) is 3.58. The van der Waals surface area contributed by atoms with Gasteiger partial charge in [-0.1, -0.05) is 19.1 Å². The molecule has 8 heteroatoms. The van der Waals surface area contributed by atoms with E-state index in [9.17, 15) is 14.9 Å². The minimum atomic E-state index is -0.635. The first-order valence-corrected chi connectivity index (χ1v) is 8.32. The number of rotatable bonds is 6. The molecule has 0 radical (unpaired) electrons. The van der Waals surface area contributed by atoms with Crippen LogP contribution in [-0.4, -0.2) is 35.1 Å². The summed E-state index contributed by atoms with van der Waals surface area (Å²) in [7, 11) is 0. The number of nitro groups is 1. The van der Waals surface area contributed by atoms with Crippen LogP contribution in [-0.2, 0) is 4.79 Å². The molecule has 136 valence electrons. The second kappa shape index (κ2) is 7.38. The van der Waals surface area contributed by atoms with Gasteiger partial charge in [0.25, 0.3) is 11.7 Å². The molecule has 1 atom stereocenters. The Morgan fingerprint density at radius 2 is 2.15 bits per heavy atom. The number of benzene rings is 1. The van der Waals surface area contributed by atoms with Crippen molar-refractivity contribution < 1.29 is 19.2 Å². The van der Waals surface area contributed by atoms with Crippen LogP contribution in [0.1, 0.15) is 18.9 Å². The summed E-state index contributed by atoms with van der Waals surface area (Å²) < 4.78 is 11.3. The maximum absolute atomic E-state index is 12.6. The van der Waals surface area contributed by atoms with Gasteiger partial charge in [-0.2, -0.15) is 0 Å². The second-order valence-corrected chi connectivity index (χ2v) is 5.92. The van der Waals surface area contributed by atoms with E-state index in [0.29, 0.717) is 17.9 Å². The molecule has 8 nitrogen and oxygen atoms in total. The Bertz CT molecular complexity index is 839. The van der Waals surface area contributed by atoms with Crippen molar-refractivity contribution in [3.63, 3.8) is 0 Å². The van der Waals surface area contributed by atoms with E-state index in [1.165, 1.54) is 17.0 Å². The standard InChI is InChI=1S/C18H19N3O5/c1-3-14-18(22)20(9-10-25-13-6-4-5-12(2)11-13)17-15(26-14)7-8-16(19-17)21(23)24/h4-8,11,14H,3,9-10H2,1-2H3. The van der Waals surface area contributed by atoms with Crippen LogP contribution in [0.5, 0.6) is 11.5 Å². The Morgan fingerprint density at radius 1 is 1.35 bits per heavy atom. The van der Waals surface area contributed by atoms with Crippen molar-refractivity contribution in [2.45, 2.75) is 26.4 Å².